The predicted molar refractivity (Wildman–Crippen MR) is 152 cm³/mol. The topological polar surface area (TPSA) is 135 Å². The Morgan fingerprint density at radius 2 is 1.90 bits per heavy atom. The number of carbonyl (C=O) groups is 3. The van der Waals surface area contributed by atoms with E-state index in [1.54, 1.807) is 18.3 Å². The van der Waals surface area contributed by atoms with Crippen molar-refractivity contribution in [1.82, 2.24) is 29.2 Å². The molecule has 12 heteroatoms. The maximum Gasteiger partial charge on any atom is 0.331 e. The van der Waals surface area contributed by atoms with Crippen LogP contribution in [-0.2, 0) is 16.2 Å². The zero-order valence-electron chi connectivity index (χ0n) is 23.6. The van der Waals surface area contributed by atoms with Gasteiger partial charge in [0.05, 0.1) is 11.4 Å². The number of pyridine rings is 2. The number of nitrogens with one attached hydrogen (secondary N) is 1. The van der Waals surface area contributed by atoms with Gasteiger partial charge in [-0.15, -0.1) is 0 Å². The number of urea groups is 1. The molecule has 42 heavy (non-hydrogen) atoms. The Labute approximate surface area is 241 Å². The fourth-order valence-electron chi connectivity index (χ4n) is 5.42. The van der Waals surface area contributed by atoms with E-state index in [-0.39, 0.29) is 42.8 Å². The first kappa shape index (κ1) is 26.1. The number of aryl methyl sites for hydroxylation is 2. The van der Waals surface area contributed by atoms with Gasteiger partial charge in [-0.25, -0.2) is 24.7 Å². The highest BCUT2D eigenvalue weighted by molar-refractivity contribution is 6.13. The van der Waals surface area contributed by atoms with Gasteiger partial charge in [0.1, 0.15) is 30.5 Å². The van der Waals surface area contributed by atoms with Crippen LogP contribution in [0, 0.1) is 19.8 Å². The van der Waals surface area contributed by atoms with Crippen molar-refractivity contribution in [2.24, 2.45) is 5.92 Å². The first-order valence-corrected chi connectivity index (χ1v) is 14.0. The lowest BCUT2D eigenvalue weighted by Gasteiger charge is -2.17. The fraction of sp³-hybridized carbons (Fsp3) is 0.367. The number of nitrogens with zero attached hydrogens (tertiary/aromatic N) is 7. The van der Waals surface area contributed by atoms with Crippen LogP contribution in [0.15, 0.2) is 42.9 Å². The van der Waals surface area contributed by atoms with Crippen LogP contribution in [0.1, 0.15) is 59.6 Å². The lowest BCUT2D eigenvalue weighted by atomic mass is 10.1. The molecule has 4 amide bonds. The van der Waals surface area contributed by atoms with Crippen LogP contribution in [0.3, 0.4) is 0 Å². The number of imidazole rings is 1. The second kappa shape index (κ2) is 9.89. The summed E-state index contributed by atoms with van der Waals surface area (Å²) in [6.07, 6.45) is 8.55. The Hall–Kier alpha value is -4.87. The van der Waals surface area contributed by atoms with E-state index in [1.807, 2.05) is 42.8 Å². The number of imide groups is 1. The van der Waals surface area contributed by atoms with Gasteiger partial charge in [0.25, 0.3) is 0 Å². The van der Waals surface area contributed by atoms with E-state index in [0.29, 0.717) is 52.5 Å². The highest BCUT2D eigenvalue weighted by Crippen LogP contribution is 2.46. The molecule has 214 valence electrons. The number of anilines is 2. The Morgan fingerprint density at radius 3 is 2.64 bits per heavy atom. The molecule has 1 aliphatic heterocycles. The summed E-state index contributed by atoms with van der Waals surface area (Å²) in [5.41, 5.74) is 4.57. The third-order valence-electron chi connectivity index (χ3n) is 7.96. The van der Waals surface area contributed by atoms with Gasteiger partial charge in [0.15, 0.2) is 5.65 Å². The van der Waals surface area contributed by atoms with E-state index in [4.69, 9.17) is 9.72 Å². The molecule has 3 aliphatic rings. The van der Waals surface area contributed by atoms with Crippen molar-refractivity contribution in [2.45, 2.75) is 51.6 Å². The SMILES string of the molecule is Cc1cc(OCc2cn3cc(C4CC4)cc(N4CC(=O)N(C)C4=O)c3n2)cc(NC(=O)[C@H]2C[C@@H]2c2nccc(C)n2)n1. The van der Waals surface area contributed by atoms with Crippen molar-refractivity contribution in [1.29, 1.82) is 0 Å². The van der Waals surface area contributed by atoms with Crippen LogP contribution in [0.4, 0.5) is 16.3 Å². The summed E-state index contributed by atoms with van der Waals surface area (Å²) >= 11 is 0. The van der Waals surface area contributed by atoms with Gasteiger partial charge in [0.2, 0.25) is 11.8 Å². The van der Waals surface area contributed by atoms with Crippen LogP contribution in [0.2, 0.25) is 0 Å². The predicted octanol–water partition coefficient (Wildman–Crippen LogP) is 3.73. The summed E-state index contributed by atoms with van der Waals surface area (Å²) in [7, 11) is 1.49. The summed E-state index contributed by atoms with van der Waals surface area (Å²) in [5.74, 6) is 1.57. The van der Waals surface area contributed by atoms with Gasteiger partial charge >= 0.3 is 6.03 Å². The van der Waals surface area contributed by atoms with E-state index in [1.165, 1.54) is 11.9 Å². The number of hydrogen-bond donors (Lipinski definition) is 1. The molecule has 4 aromatic heterocycles. The zero-order valence-corrected chi connectivity index (χ0v) is 23.6. The molecule has 4 aromatic rings. The largest absolute Gasteiger partial charge is 0.487 e. The average Bonchev–Trinajstić information content (AvgIpc) is 3.88. The number of carbonyl (C=O) groups excluding carboxylic acids is 3. The second-order valence-electron chi connectivity index (χ2n) is 11.3. The van der Waals surface area contributed by atoms with Gasteiger partial charge in [-0.1, -0.05) is 0 Å². The number of amides is 4. The first-order valence-electron chi connectivity index (χ1n) is 14.0. The van der Waals surface area contributed by atoms with Crippen molar-refractivity contribution in [3.63, 3.8) is 0 Å². The monoisotopic (exact) mass is 566 g/mol. The molecular weight excluding hydrogens is 536 g/mol. The lowest BCUT2D eigenvalue weighted by molar-refractivity contribution is -0.124. The third kappa shape index (κ3) is 4.93. The van der Waals surface area contributed by atoms with Crippen molar-refractivity contribution < 1.29 is 19.1 Å². The third-order valence-corrected chi connectivity index (χ3v) is 7.96. The Morgan fingerprint density at radius 1 is 1.07 bits per heavy atom. The smallest absolute Gasteiger partial charge is 0.331 e. The standard InChI is InChI=1S/C30H30N8O4/c1-16-6-7-31-27(33-16)22-11-23(22)29(40)35-25-10-21(8-17(2)32-25)42-15-20-13-37-12-19(18-4-5-18)9-24(28(37)34-20)38-14-26(39)36(3)30(38)41/h6-10,12-13,18,22-23H,4-5,11,14-15H2,1-3H3,(H,32,35,40)/t22-,23-/m0/s1. The molecule has 12 nitrogen and oxygen atoms in total. The van der Waals surface area contributed by atoms with Crippen molar-refractivity contribution >= 4 is 35.0 Å². The van der Waals surface area contributed by atoms with Crippen LogP contribution in [-0.4, -0.2) is 60.7 Å². The Bertz CT molecular complexity index is 1760. The minimum Gasteiger partial charge on any atom is -0.487 e. The zero-order chi connectivity index (χ0) is 29.1. The minimum atomic E-state index is -0.360. The van der Waals surface area contributed by atoms with E-state index in [0.717, 1.165) is 29.0 Å². The molecule has 1 N–H and O–H groups in total. The van der Waals surface area contributed by atoms with E-state index < -0.39 is 0 Å². The molecule has 0 spiro atoms. The fourth-order valence-corrected chi connectivity index (χ4v) is 5.42. The average molecular weight is 567 g/mol. The number of hydrogen-bond acceptors (Lipinski definition) is 8. The van der Waals surface area contributed by atoms with E-state index in [9.17, 15) is 14.4 Å². The van der Waals surface area contributed by atoms with Crippen molar-refractivity contribution in [2.75, 3.05) is 23.8 Å². The van der Waals surface area contributed by atoms with E-state index >= 15 is 0 Å². The van der Waals surface area contributed by atoms with Crippen molar-refractivity contribution in [3.8, 4) is 5.75 Å². The molecule has 0 aromatic carbocycles. The van der Waals surface area contributed by atoms with E-state index in [2.05, 4.69) is 20.3 Å². The van der Waals surface area contributed by atoms with Gasteiger partial charge < -0.3 is 14.5 Å². The van der Waals surface area contributed by atoms with Crippen LogP contribution in [0.5, 0.6) is 5.75 Å². The molecule has 5 heterocycles. The number of ether oxygens (including phenoxy) is 1. The Kier molecular flexibility index (Phi) is 6.14. The molecule has 0 unspecified atom stereocenters. The molecule has 3 fully saturated rings. The summed E-state index contributed by atoms with van der Waals surface area (Å²) in [6, 6.07) is 6.95. The van der Waals surface area contributed by atoms with Crippen LogP contribution >= 0.6 is 0 Å². The lowest BCUT2D eigenvalue weighted by Crippen LogP contribution is -2.30. The maximum absolute atomic E-state index is 12.9. The van der Waals surface area contributed by atoms with Gasteiger partial charge in [-0.05, 0) is 56.7 Å². The summed E-state index contributed by atoms with van der Waals surface area (Å²) in [4.78, 5) is 58.6. The number of fused-ring (bicyclic) bond motifs is 1. The molecule has 0 bridgehead atoms. The molecule has 2 atom stereocenters. The minimum absolute atomic E-state index is 0.0117. The molecular formula is C30H30N8O4. The molecule has 2 saturated carbocycles. The molecule has 1 saturated heterocycles. The normalized spacial score (nSPS) is 20.0. The van der Waals surface area contributed by atoms with Crippen LogP contribution < -0.4 is 15.0 Å². The molecule has 7 rings (SSSR count). The summed E-state index contributed by atoms with van der Waals surface area (Å²) in [5, 5.41) is 2.92. The number of likely N-dealkylation sites (N-methyl/N-ethyl adjacent to an activating group) is 1. The highest BCUT2D eigenvalue weighted by Gasteiger charge is 2.46. The highest BCUT2D eigenvalue weighted by atomic mass is 16.5. The molecule has 2 aliphatic carbocycles. The summed E-state index contributed by atoms with van der Waals surface area (Å²) in [6.45, 7) is 3.90. The van der Waals surface area contributed by atoms with Gasteiger partial charge in [-0.3, -0.25) is 19.4 Å². The van der Waals surface area contributed by atoms with Crippen LogP contribution in [0.25, 0.3) is 5.65 Å². The van der Waals surface area contributed by atoms with Gasteiger partial charge in [-0.2, -0.15) is 0 Å². The molecule has 0 radical (unpaired) electrons. The number of rotatable bonds is 8. The number of aromatic nitrogens is 5. The summed E-state index contributed by atoms with van der Waals surface area (Å²) < 4.78 is 7.99. The maximum atomic E-state index is 12.9. The quantitative estimate of drug-likeness (QED) is 0.319. The second-order valence-corrected chi connectivity index (χ2v) is 11.3. The van der Waals surface area contributed by atoms with Gasteiger partial charge in [0, 0.05) is 61.0 Å². The first-order chi connectivity index (χ1) is 20.2. The van der Waals surface area contributed by atoms with Crippen molar-refractivity contribution in [3.05, 3.63) is 71.3 Å². The Balaban J connectivity index is 1.07.